The van der Waals surface area contributed by atoms with Gasteiger partial charge >= 0.3 is 0 Å². The number of nitrogen functional groups attached to an aromatic ring is 1. The van der Waals surface area contributed by atoms with Crippen molar-refractivity contribution >= 4 is 15.7 Å². The van der Waals surface area contributed by atoms with Gasteiger partial charge in [0.05, 0.1) is 19.9 Å². The summed E-state index contributed by atoms with van der Waals surface area (Å²) < 4.78 is 37.6. The summed E-state index contributed by atoms with van der Waals surface area (Å²) in [5, 5.41) is 0. The molecule has 0 aromatic heterocycles. The smallest absolute Gasteiger partial charge is 0.247 e. The average molecular weight is 314 g/mol. The van der Waals surface area contributed by atoms with Crippen molar-refractivity contribution in [1.82, 2.24) is 4.31 Å². The van der Waals surface area contributed by atoms with Gasteiger partial charge in [0, 0.05) is 18.7 Å². The van der Waals surface area contributed by atoms with E-state index in [0.717, 1.165) is 6.42 Å². The van der Waals surface area contributed by atoms with Crippen LogP contribution in [0.15, 0.2) is 17.0 Å². The lowest BCUT2D eigenvalue weighted by molar-refractivity contribution is 0.377. The summed E-state index contributed by atoms with van der Waals surface area (Å²) in [7, 11) is -0.732. The van der Waals surface area contributed by atoms with Crippen molar-refractivity contribution in [3.63, 3.8) is 0 Å². The fourth-order valence-electron chi connectivity index (χ4n) is 2.82. The van der Waals surface area contributed by atoms with E-state index in [1.807, 2.05) is 13.8 Å². The number of methoxy groups -OCH3 is 2. The Balaban J connectivity index is 2.52. The number of hydrogen-bond donors (Lipinski definition) is 1. The summed E-state index contributed by atoms with van der Waals surface area (Å²) in [6, 6.07) is 2.88. The number of rotatable bonds is 4. The van der Waals surface area contributed by atoms with Crippen LogP contribution in [0.5, 0.6) is 11.5 Å². The highest BCUT2D eigenvalue weighted by atomic mass is 32.2. The molecule has 1 heterocycles. The Hall–Kier alpha value is -1.47. The van der Waals surface area contributed by atoms with Gasteiger partial charge in [-0.1, -0.05) is 6.92 Å². The minimum Gasteiger partial charge on any atom is -0.495 e. The van der Waals surface area contributed by atoms with Gasteiger partial charge in [-0.15, -0.1) is 0 Å². The number of hydrogen-bond acceptors (Lipinski definition) is 5. The third kappa shape index (κ3) is 2.80. The maximum Gasteiger partial charge on any atom is 0.247 e. The van der Waals surface area contributed by atoms with E-state index in [9.17, 15) is 8.42 Å². The van der Waals surface area contributed by atoms with Crippen molar-refractivity contribution < 1.29 is 17.9 Å². The lowest BCUT2D eigenvalue weighted by Gasteiger charge is -2.23. The van der Waals surface area contributed by atoms with Crippen LogP contribution in [0.1, 0.15) is 20.3 Å². The van der Waals surface area contributed by atoms with Crippen molar-refractivity contribution in [3.05, 3.63) is 12.1 Å². The molecule has 6 nitrogen and oxygen atoms in total. The van der Waals surface area contributed by atoms with E-state index in [4.69, 9.17) is 15.2 Å². The summed E-state index contributed by atoms with van der Waals surface area (Å²) in [6.07, 6.45) is 0.854. The first-order valence-corrected chi connectivity index (χ1v) is 8.28. The Labute approximate surface area is 125 Å². The molecule has 0 bridgehead atoms. The molecule has 1 aliphatic heterocycles. The van der Waals surface area contributed by atoms with E-state index >= 15 is 0 Å². The van der Waals surface area contributed by atoms with Gasteiger partial charge < -0.3 is 15.2 Å². The van der Waals surface area contributed by atoms with Gasteiger partial charge in [0.1, 0.15) is 16.4 Å². The highest BCUT2D eigenvalue weighted by Gasteiger charge is 2.37. The average Bonchev–Trinajstić information content (AvgIpc) is 2.78. The van der Waals surface area contributed by atoms with E-state index in [0.29, 0.717) is 18.2 Å². The molecule has 2 rings (SSSR count). The molecule has 1 aromatic carbocycles. The molecular weight excluding hydrogens is 292 g/mol. The summed E-state index contributed by atoms with van der Waals surface area (Å²) in [4.78, 5) is 0.0873. The van der Waals surface area contributed by atoms with Crippen molar-refractivity contribution in [2.45, 2.75) is 31.2 Å². The van der Waals surface area contributed by atoms with Gasteiger partial charge in [-0.2, -0.15) is 4.31 Å². The highest BCUT2D eigenvalue weighted by Crippen LogP contribution is 2.37. The summed E-state index contributed by atoms with van der Waals surface area (Å²) in [6.45, 7) is 4.48. The molecule has 1 aromatic rings. The van der Waals surface area contributed by atoms with E-state index in [-0.39, 0.29) is 22.4 Å². The molecule has 1 saturated heterocycles. The Kier molecular flexibility index (Phi) is 4.34. The van der Waals surface area contributed by atoms with Crippen molar-refractivity contribution in [3.8, 4) is 11.5 Å². The monoisotopic (exact) mass is 314 g/mol. The lowest BCUT2D eigenvalue weighted by Crippen LogP contribution is -2.34. The maximum absolute atomic E-state index is 12.9. The van der Waals surface area contributed by atoms with Crippen LogP contribution in [0.3, 0.4) is 0 Å². The molecule has 0 spiro atoms. The SMILES string of the molecule is COc1cc(OC)c(S(=O)(=O)N2CC(C)CC2C)cc1N. The standard InChI is InChI=1S/C14H22N2O4S/c1-9-5-10(2)16(8-9)21(17,18)14-6-11(15)12(19-3)7-13(14)20-4/h6-7,9-10H,5,8,15H2,1-4H3. The topological polar surface area (TPSA) is 81.9 Å². The third-order valence-electron chi connectivity index (χ3n) is 3.83. The van der Waals surface area contributed by atoms with Crippen LogP contribution in [0.25, 0.3) is 0 Å². The number of benzene rings is 1. The first-order valence-electron chi connectivity index (χ1n) is 6.84. The third-order valence-corrected chi connectivity index (χ3v) is 5.83. The number of anilines is 1. The van der Waals surface area contributed by atoms with Gasteiger partial charge in [0.15, 0.2) is 0 Å². The van der Waals surface area contributed by atoms with Crippen LogP contribution in [-0.4, -0.2) is 39.5 Å². The maximum atomic E-state index is 12.9. The molecular formula is C14H22N2O4S. The van der Waals surface area contributed by atoms with Crippen molar-refractivity contribution in [2.75, 3.05) is 26.5 Å². The van der Waals surface area contributed by atoms with Crippen LogP contribution in [-0.2, 0) is 10.0 Å². The Morgan fingerprint density at radius 2 is 1.81 bits per heavy atom. The van der Waals surface area contributed by atoms with Gasteiger partial charge in [0.2, 0.25) is 10.0 Å². The van der Waals surface area contributed by atoms with Gasteiger partial charge in [-0.05, 0) is 25.3 Å². The van der Waals surface area contributed by atoms with E-state index in [1.165, 1.54) is 30.7 Å². The fourth-order valence-corrected chi connectivity index (χ4v) is 4.75. The van der Waals surface area contributed by atoms with Crippen LogP contribution in [0.4, 0.5) is 5.69 Å². The molecule has 1 aliphatic rings. The van der Waals surface area contributed by atoms with Crippen LogP contribution >= 0.6 is 0 Å². The first-order chi connectivity index (χ1) is 9.81. The van der Waals surface area contributed by atoms with Gasteiger partial charge in [0.25, 0.3) is 0 Å². The largest absolute Gasteiger partial charge is 0.495 e. The second kappa shape index (κ2) is 5.73. The second-order valence-electron chi connectivity index (χ2n) is 5.51. The normalized spacial score (nSPS) is 23.2. The van der Waals surface area contributed by atoms with Gasteiger partial charge in [-0.3, -0.25) is 0 Å². The zero-order valence-corrected chi connectivity index (χ0v) is 13.6. The zero-order valence-electron chi connectivity index (χ0n) is 12.8. The molecule has 118 valence electrons. The molecule has 2 unspecified atom stereocenters. The zero-order chi connectivity index (χ0) is 15.8. The molecule has 2 atom stereocenters. The molecule has 21 heavy (non-hydrogen) atoms. The second-order valence-corrected chi connectivity index (χ2v) is 7.37. The fraction of sp³-hybridized carbons (Fsp3) is 0.571. The minimum absolute atomic E-state index is 0.0296. The predicted molar refractivity (Wildman–Crippen MR) is 81.1 cm³/mol. The Morgan fingerprint density at radius 3 is 2.29 bits per heavy atom. The van der Waals surface area contributed by atoms with Gasteiger partial charge in [-0.25, -0.2) is 8.42 Å². The molecule has 1 fully saturated rings. The van der Waals surface area contributed by atoms with E-state index in [1.54, 1.807) is 0 Å². The summed E-state index contributed by atoms with van der Waals surface area (Å²) in [5.74, 6) is 0.984. The molecule has 7 heteroatoms. The van der Waals surface area contributed by atoms with Crippen LogP contribution in [0.2, 0.25) is 0 Å². The predicted octanol–water partition coefficient (Wildman–Crippen LogP) is 1.70. The quantitative estimate of drug-likeness (QED) is 0.856. The lowest BCUT2D eigenvalue weighted by atomic mass is 10.1. The van der Waals surface area contributed by atoms with Crippen molar-refractivity contribution in [1.29, 1.82) is 0 Å². The highest BCUT2D eigenvalue weighted by molar-refractivity contribution is 7.89. The molecule has 2 N–H and O–H groups in total. The Morgan fingerprint density at radius 1 is 1.19 bits per heavy atom. The molecule has 0 aliphatic carbocycles. The minimum atomic E-state index is -3.64. The number of nitrogens with two attached hydrogens (primary N) is 1. The molecule has 0 saturated carbocycles. The van der Waals surface area contributed by atoms with E-state index in [2.05, 4.69) is 0 Å². The summed E-state index contributed by atoms with van der Waals surface area (Å²) >= 11 is 0. The number of sulfonamides is 1. The van der Waals surface area contributed by atoms with Crippen molar-refractivity contribution in [2.24, 2.45) is 5.92 Å². The first kappa shape index (κ1) is 15.9. The molecule has 0 radical (unpaired) electrons. The summed E-state index contributed by atoms with van der Waals surface area (Å²) in [5.41, 5.74) is 6.12. The van der Waals surface area contributed by atoms with Crippen LogP contribution < -0.4 is 15.2 Å². The van der Waals surface area contributed by atoms with E-state index < -0.39 is 10.0 Å². The van der Waals surface area contributed by atoms with Crippen LogP contribution in [0, 0.1) is 5.92 Å². The molecule has 0 amide bonds. The number of ether oxygens (including phenoxy) is 2. The Bertz CT molecular complexity index is 630. The number of nitrogens with zero attached hydrogens (tertiary/aromatic N) is 1.